The van der Waals surface area contributed by atoms with Crippen LogP contribution < -0.4 is 16.4 Å². The van der Waals surface area contributed by atoms with E-state index in [0.29, 0.717) is 18.5 Å². The smallest absolute Gasteiger partial charge is 0.257 e. The minimum atomic E-state index is -1.01. The van der Waals surface area contributed by atoms with Gasteiger partial charge in [-0.1, -0.05) is 38.1 Å². The lowest BCUT2D eigenvalue weighted by Crippen LogP contribution is -2.50. The summed E-state index contributed by atoms with van der Waals surface area (Å²) in [6.45, 7) is 3.65. The van der Waals surface area contributed by atoms with Gasteiger partial charge in [0.25, 0.3) is 5.91 Å². The first kappa shape index (κ1) is 25.4. The molecule has 0 unspecified atom stereocenters. The third kappa shape index (κ3) is 5.81. The Labute approximate surface area is 201 Å². The second-order valence-electron chi connectivity index (χ2n) is 8.25. The molecule has 0 bridgehead atoms. The maximum absolute atomic E-state index is 13.9. The first-order valence-corrected chi connectivity index (χ1v) is 11.1. The van der Waals surface area contributed by atoms with E-state index in [1.165, 1.54) is 4.68 Å². The zero-order chi connectivity index (χ0) is 25.5. The van der Waals surface area contributed by atoms with Crippen LogP contribution >= 0.6 is 0 Å². The summed E-state index contributed by atoms with van der Waals surface area (Å²) in [5.74, 6) is -3.60. The number of nitrogens with zero attached hydrogens (tertiary/aromatic N) is 3. The molecule has 0 spiro atoms. The number of benzene rings is 2. The SMILES string of the molecule is CC(C)[C@H](NC(=O)c1c(F)cccc1F)C(=O)NCCCc1nn(-c2ccccc2)c(N)c1C#N. The fourth-order valence-corrected chi connectivity index (χ4v) is 3.58. The molecule has 1 aromatic heterocycles. The number of nitrogens with two attached hydrogens (primary N) is 1. The lowest BCUT2D eigenvalue weighted by Gasteiger charge is -2.22. The van der Waals surface area contributed by atoms with Gasteiger partial charge in [-0.2, -0.15) is 10.4 Å². The van der Waals surface area contributed by atoms with E-state index in [2.05, 4.69) is 21.8 Å². The van der Waals surface area contributed by atoms with Gasteiger partial charge in [0.1, 0.15) is 40.7 Å². The Morgan fingerprint density at radius 1 is 1.11 bits per heavy atom. The molecule has 0 aliphatic heterocycles. The molecule has 0 saturated heterocycles. The van der Waals surface area contributed by atoms with Crippen LogP contribution in [-0.2, 0) is 11.2 Å². The number of rotatable bonds is 9. The lowest BCUT2D eigenvalue weighted by molar-refractivity contribution is -0.123. The minimum Gasteiger partial charge on any atom is -0.382 e. The van der Waals surface area contributed by atoms with Crippen LogP contribution in [0.15, 0.2) is 48.5 Å². The Balaban J connectivity index is 1.61. The number of anilines is 1. The van der Waals surface area contributed by atoms with Crippen LogP contribution in [0, 0.1) is 28.9 Å². The van der Waals surface area contributed by atoms with Crippen LogP contribution in [0.3, 0.4) is 0 Å². The van der Waals surface area contributed by atoms with Crippen molar-refractivity contribution in [3.8, 4) is 11.8 Å². The van der Waals surface area contributed by atoms with E-state index in [9.17, 15) is 23.6 Å². The van der Waals surface area contributed by atoms with E-state index in [0.717, 1.165) is 23.9 Å². The predicted molar refractivity (Wildman–Crippen MR) is 126 cm³/mol. The van der Waals surface area contributed by atoms with Gasteiger partial charge < -0.3 is 16.4 Å². The molecule has 4 N–H and O–H groups in total. The molecule has 0 fully saturated rings. The van der Waals surface area contributed by atoms with Crippen LogP contribution in [0.5, 0.6) is 0 Å². The highest BCUT2D eigenvalue weighted by atomic mass is 19.1. The normalized spacial score (nSPS) is 11.7. The lowest BCUT2D eigenvalue weighted by atomic mass is 10.0. The first-order valence-electron chi connectivity index (χ1n) is 11.1. The number of amides is 2. The number of hydrogen-bond acceptors (Lipinski definition) is 5. The number of aryl methyl sites for hydroxylation is 1. The van der Waals surface area contributed by atoms with Crippen molar-refractivity contribution in [1.29, 1.82) is 5.26 Å². The summed E-state index contributed by atoms with van der Waals surface area (Å²) in [5.41, 5.74) is 6.88. The van der Waals surface area contributed by atoms with Crippen LogP contribution in [0.2, 0.25) is 0 Å². The van der Waals surface area contributed by atoms with Gasteiger partial charge in [0, 0.05) is 6.54 Å². The molecule has 0 saturated carbocycles. The molecule has 2 amide bonds. The largest absolute Gasteiger partial charge is 0.382 e. The Kier molecular flexibility index (Phi) is 8.15. The number of nitrogen functional groups attached to an aromatic ring is 1. The highest BCUT2D eigenvalue weighted by Crippen LogP contribution is 2.21. The van der Waals surface area contributed by atoms with E-state index < -0.39 is 35.1 Å². The Hall–Kier alpha value is -4.26. The molecule has 10 heteroatoms. The predicted octanol–water partition coefficient (Wildman–Crippen LogP) is 3.11. The van der Waals surface area contributed by atoms with Crippen LogP contribution in [0.25, 0.3) is 5.69 Å². The minimum absolute atomic E-state index is 0.231. The molecule has 182 valence electrons. The molecule has 3 rings (SSSR count). The fourth-order valence-electron chi connectivity index (χ4n) is 3.58. The molecular formula is C25H26F2N6O2. The average Bonchev–Trinajstić information content (AvgIpc) is 3.15. The number of para-hydroxylation sites is 1. The van der Waals surface area contributed by atoms with Gasteiger partial charge >= 0.3 is 0 Å². The number of aromatic nitrogens is 2. The maximum Gasteiger partial charge on any atom is 0.257 e. The number of carbonyl (C=O) groups is 2. The summed E-state index contributed by atoms with van der Waals surface area (Å²) >= 11 is 0. The van der Waals surface area contributed by atoms with Crippen LogP contribution in [0.1, 0.15) is 41.9 Å². The molecule has 3 aromatic rings. The molecule has 2 aromatic carbocycles. The molecular weight excluding hydrogens is 454 g/mol. The van der Waals surface area contributed by atoms with Crippen molar-refractivity contribution >= 4 is 17.6 Å². The summed E-state index contributed by atoms with van der Waals surface area (Å²) in [5, 5.41) is 19.1. The highest BCUT2D eigenvalue weighted by molar-refractivity contribution is 5.98. The summed E-state index contributed by atoms with van der Waals surface area (Å²) in [6.07, 6.45) is 0.832. The van der Waals surface area contributed by atoms with E-state index in [1.807, 2.05) is 30.3 Å². The Bertz CT molecular complexity index is 1230. The van der Waals surface area contributed by atoms with Crippen molar-refractivity contribution in [1.82, 2.24) is 20.4 Å². The highest BCUT2D eigenvalue weighted by Gasteiger charge is 2.27. The van der Waals surface area contributed by atoms with Crippen molar-refractivity contribution in [2.75, 3.05) is 12.3 Å². The van der Waals surface area contributed by atoms with E-state index >= 15 is 0 Å². The second-order valence-corrected chi connectivity index (χ2v) is 8.25. The quantitative estimate of drug-likeness (QED) is 0.406. The zero-order valence-electron chi connectivity index (χ0n) is 19.4. The summed E-state index contributed by atoms with van der Waals surface area (Å²) in [4.78, 5) is 25.1. The Morgan fingerprint density at radius 3 is 2.37 bits per heavy atom. The van der Waals surface area contributed by atoms with Gasteiger partial charge in [-0.05, 0) is 43.0 Å². The molecule has 8 nitrogen and oxygen atoms in total. The third-order valence-electron chi connectivity index (χ3n) is 5.42. The fraction of sp³-hybridized carbons (Fsp3) is 0.280. The van der Waals surface area contributed by atoms with Gasteiger partial charge in [0.05, 0.1) is 11.4 Å². The van der Waals surface area contributed by atoms with Crippen molar-refractivity contribution in [3.05, 3.63) is 77.0 Å². The van der Waals surface area contributed by atoms with Gasteiger partial charge in [-0.25, -0.2) is 13.5 Å². The standard InChI is InChI=1S/C25H26F2N6O2/c1-15(2)22(31-24(34)21-18(26)10-6-11-19(21)27)25(35)30-13-7-12-20-17(14-28)23(29)33(32-20)16-8-4-3-5-9-16/h3-6,8-11,15,22H,7,12-13,29H2,1-2H3,(H,30,35)(H,31,34)/t22-/m0/s1. The molecule has 1 heterocycles. The van der Waals surface area contributed by atoms with Gasteiger partial charge in [0.2, 0.25) is 5.91 Å². The van der Waals surface area contributed by atoms with Crippen molar-refractivity contribution in [2.45, 2.75) is 32.7 Å². The number of nitriles is 1. The summed E-state index contributed by atoms with van der Waals surface area (Å²) < 4.78 is 29.3. The van der Waals surface area contributed by atoms with Crippen LogP contribution in [0.4, 0.5) is 14.6 Å². The van der Waals surface area contributed by atoms with Crippen molar-refractivity contribution in [2.24, 2.45) is 5.92 Å². The molecule has 0 radical (unpaired) electrons. The maximum atomic E-state index is 13.9. The molecule has 1 atom stereocenters. The topological polar surface area (TPSA) is 126 Å². The average molecular weight is 481 g/mol. The van der Waals surface area contributed by atoms with Gasteiger partial charge in [0.15, 0.2) is 0 Å². The number of nitrogens with one attached hydrogen (secondary N) is 2. The molecule has 35 heavy (non-hydrogen) atoms. The van der Waals surface area contributed by atoms with Crippen molar-refractivity contribution in [3.63, 3.8) is 0 Å². The zero-order valence-corrected chi connectivity index (χ0v) is 19.4. The third-order valence-corrected chi connectivity index (χ3v) is 5.42. The number of carbonyl (C=O) groups excluding carboxylic acids is 2. The van der Waals surface area contributed by atoms with Gasteiger partial charge in [-0.3, -0.25) is 9.59 Å². The number of hydrogen-bond donors (Lipinski definition) is 3. The van der Waals surface area contributed by atoms with Crippen molar-refractivity contribution < 1.29 is 18.4 Å². The number of halogens is 2. The van der Waals surface area contributed by atoms with Crippen LogP contribution in [-0.4, -0.2) is 34.2 Å². The second kappa shape index (κ2) is 11.2. The van der Waals surface area contributed by atoms with E-state index in [1.54, 1.807) is 13.8 Å². The Morgan fingerprint density at radius 2 is 1.77 bits per heavy atom. The monoisotopic (exact) mass is 480 g/mol. The summed E-state index contributed by atoms with van der Waals surface area (Å²) in [6, 6.07) is 13.4. The molecule has 0 aliphatic carbocycles. The summed E-state index contributed by atoms with van der Waals surface area (Å²) in [7, 11) is 0. The van der Waals surface area contributed by atoms with E-state index in [-0.39, 0.29) is 23.8 Å². The van der Waals surface area contributed by atoms with Gasteiger partial charge in [-0.15, -0.1) is 0 Å². The first-order chi connectivity index (χ1) is 16.7. The van der Waals surface area contributed by atoms with E-state index in [4.69, 9.17) is 5.73 Å². The molecule has 0 aliphatic rings.